The lowest BCUT2D eigenvalue weighted by atomic mass is 9.99. The topological polar surface area (TPSA) is 155 Å². The Morgan fingerprint density at radius 1 is 1.04 bits per heavy atom. The second-order valence-electron chi connectivity index (χ2n) is 11.7. The van der Waals surface area contributed by atoms with E-state index in [-0.39, 0.29) is 18.2 Å². The number of amides is 2. The van der Waals surface area contributed by atoms with E-state index >= 15 is 0 Å². The van der Waals surface area contributed by atoms with Crippen LogP contribution in [-0.2, 0) is 4.79 Å². The monoisotopic (exact) mass is 650 g/mol. The van der Waals surface area contributed by atoms with Crippen molar-refractivity contribution < 1.29 is 19.1 Å². The van der Waals surface area contributed by atoms with Gasteiger partial charge in [0, 0.05) is 40.5 Å². The summed E-state index contributed by atoms with van der Waals surface area (Å²) >= 11 is 6.17. The van der Waals surface area contributed by atoms with E-state index in [1.54, 1.807) is 31.4 Å². The van der Waals surface area contributed by atoms with E-state index in [1.807, 2.05) is 67.4 Å². The third-order valence-corrected chi connectivity index (χ3v) is 9.76. The van der Waals surface area contributed by atoms with Gasteiger partial charge in [-0.25, -0.2) is 0 Å². The fourth-order valence-corrected chi connectivity index (χ4v) is 6.39. The van der Waals surface area contributed by atoms with E-state index in [4.69, 9.17) is 32.8 Å². The highest BCUT2D eigenvalue weighted by molar-refractivity contribution is 6.83. The Morgan fingerprint density at radius 2 is 1.69 bits per heavy atom. The molecule has 1 aliphatic rings. The number of unbranched alkanes of at least 4 members (excludes halogenated alkanes) is 1. The summed E-state index contributed by atoms with van der Waals surface area (Å²) in [4.78, 5) is 42.8. The van der Waals surface area contributed by atoms with E-state index in [0.717, 1.165) is 22.0 Å². The van der Waals surface area contributed by atoms with Gasteiger partial charge >= 0.3 is 0 Å². The van der Waals surface area contributed by atoms with Gasteiger partial charge in [0.2, 0.25) is 14.2 Å². The van der Waals surface area contributed by atoms with Crippen LogP contribution in [-0.4, -0.2) is 69.2 Å². The van der Waals surface area contributed by atoms with Gasteiger partial charge in [-0.2, -0.15) is 0 Å². The van der Waals surface area contributed by atoms with Crippen molar-refractivity contribution in [3.05, 3.63) is 88.4 Å². The number of ether oxygens (including phenoxy) is 1. The third kappa shape index (κ3) is 8.71. The van der Waals surface area contributed by atoms with Gasteiger partial charge < -0.3 is 36.5 Å². The van der Waals surface area contributed by atoms with Gasteiger partial charge in [0.05, 0.1) is 31.4 Å². The second-order valence-corrected chi connectivity index (χ2v) is 15.9. The van der Waals surface area contributed by atoms with E-state index < -0.39 is 26.7 Å². The maximum Gasteiger partial charge on any atom is 0.251 e. The number of nitrogens with two attached hydrogens (primary N) is 2. The minimum Gasteiger partial charge on any atom is -0.497 e. The van der Waals surface area contributed by atoms with Crippen LogP contribution in [0.15, 0.2) is 71.7 Å². The molecule has 0 aliphatic carbocycles. The molecule has 0 fully saturated rings. The highest BCUT2D eigenvalue weighted by atomic mass is 35.5. The third-order valence-electron chi connectivity index (χ3n) is 7.76. The first-order valence-corrected chi connectivity index (χ1v) is 18.4. The number of hydrogen-bond donors (Lipinski definition) is 5. The lowest BCUT2D eigenvalue weighted by molar-refractivity contribution is -0.121. The van der Waals surface area contributed by atoms with Crippen molar-refractivity contribution in [2.24, 2.45) is 16.5 Å². The summed E-state index contributed by atoms with van der Waals surface area (Å²) in [6.07, 6.45) is 0.324. The molecule has 0 bridgehead atoms. The number of halogens is 1. The van der Waals surface area contributed by atoms with E-state index in [1.165, 1.54) is 0 Å². The van der Waals surface area contributed by atoms with E-state index in [2.05, 4.69) is 10.6 Å². The van der Waals surface area contributed by atoms with Gasteiger partial charge in [0.25, 0.3) is 5.91 Å². The molecular formula is C33H43ClN6O4Si. The molecule has 10 nitrogen and oxygen atoms in total. The number of nitrogens with zero attached hydrogens (tertiary/aromatic N) is 2. The number of nitrogens with one attached hydrogen (secondary N) is 2. The molecule has 45 heavy (non-hydrogen) atoms. The number of carbonyl (C=O) groups excluding carboxylic acids is 2. The molecule has 3 aromatic rings. The highest BCUT2D eigenvalue weighted by Crippen LogP contribution is 2.34. The number of hydrogen-bond acceptors (Lipinski definition) is 8. The molecule has 0 saturated heterocycles. The highest BCUT2D eigenvalue weighted by Gasteiger charge is 2.34. The zero-order chi connectivity index (χ0) is 32.7. The van der Waals surface area contributed by atoms with Gasteiger partial charge in [0.1, 0.15) is 11.9 Å². The molecule has 12 heteroatoms. The lowest BCUT2D eigenvalue weighted by Crippen LogP contribution is -2.56. The summed E-state index contributed by atoms with van der Waals surface area (Å²) in [6, 6.07) is 19.5. The summed E-state index contributed by atoms with van der Waals surface area (Å²) in [6.45, 7) is 6.45. The Kier molecular flexibility index (Phi) is 11.4. The molecule has 7 N–H and O–H groups in total. The molecule has 3 aromatic carbocycles. The quantitative estimate of drug-likeness (QED) is 0.149. The Morgan fingerprint density at radius 3 is 2.29 bits per heavy atom. The van der Waals surface area contributed by atoms with Crippen molar-refractivity contribution in [1.29, 1.82) is 0 Å². The molecule has 0 spiro atoms. The summed E-state index contributed by atoms with van der Waals surface area (Å²) in [5.41, 5.74) is 16.8. The first kappa shape index (κ1) is 34.1. The maximum atomic E-state index is 13.1. The first-order chi connectivity index (χ1) is 21.4. The smallest absolute Gasteiger partial charge is 0.251 e. The van der Waals surface area contributed by atoms with Crippen molar-refractivity contribution >= 4 is 48.3 Å². The maximum absolute atomic E-state index is 13.1. The van der Waals surface area contributed by atoms with Crippen LogP contribution in [0.3, 0.4) is 0 Å². The zero-order valence-corrected chi connectivity index (χ0v) is 28.0. The largest absolute Gasteiger partial charge is 0.497 e. The SMILES string of the molecule is COc1ccc2c(c1)C(c1ccc(Cl)cc1)=N[C@@H](CC(=O)NCCCCNC(=O)c1ccc([Si](C)(C)O)cc1)C(N)N2C(C)N. The number of rotatable bonds is 12. The van der Waals surface area contributed by atoms with Crippen LogP contribution >= 0.6 is 11.6 Å². The summed E-state index contributed by atoms with van der Waals surface area (Å²) in [5, 5.41) is 7.36. The Bertz CT molecular complexity index is 1510. The number of fused-ring (bicyclic) bond motifs is 1. The molecule has 240 valence electrons. The normalized spacial score (nSPS) is 17.1. The Hall–Kier alpha value is -3.74. The van der Waals surface area contributed by atoms with Crippen molar-refractivity contribution in [3.63, 3.8) is 0 Å². The van der Waals surface area contributed by atoms with Gasteiger partial charge in [-0.05, 0) is 80.5 Å². The van der Waals surface area contributed by atoms with Crippen molar-refractivity contribution in [3.8, 4) is 5.75 Å². The number of aliphatic imine (C=N–C) groups is 1. The molecule has 3 atom stereocenters. The van der Waals surface area contributed by atoms with Crippen molar-refractivity contribution in [1.82, 2.24) is 10.6 Å². The van der Waals surface area contributed by atoms with Crippen LogP contribution in [0.25, 0.3) is 0 Å². The minimum absolute atomic E-state index is 0.0623. The number of anilines is 1. The van der Waals surface area contributed by atoms with Crippen LogP contribution in [0.5, 0.6) is 5.75 Å². The summed E-state index contributed by atoms with van der Waals surface area (Å²) in [5.74, 6) is 0.311. The summed E-state index contributed by atoms with van der Waals surface area (Å²) in [7, 11) is -0.803. The summed E-state index contributed by atoms with van der Waals surface area (Å²) < 4.78 is 5.51. The average Bonchev–Trinajstić information content (AvgIpc) is 3.12. The van der Waals surface area contributed by atoms with Gasteiger partial charge in [0.15, 0.2) is 0 Å². The van der Waals surface area contributed by atoms with Crippen molar-refractivity contribution in [2.45, 2.75) is 57.7 Å². The molecule has 0 radical (unpaired) electrons. The van der Waals surface area contributed by atoms with Gasteiger partial charge in [-0.15, -0.1) is 0 Å². The number of methoxy groups -OCH3 is 1. The Labute approximate surface area is 270 Å². The fourth-order valence-electron chi connectivity index (χ4n) is 5.28. The molecule has 2 unspecified atom stereocenters. The number of carbonyl (C=O) groups is 2. The molecule has 0 saturated carbocycles. The predicted molar refractivity (Wildman–Crippen MR) is 183 cm³/mol. The van der Waals surface area contributed by atoms with Crippen LogP contribution in [0.1, 0.15) is 47.7 Å². The molecule has 1 heterocycles. The van der Waals surface area contributed by atoms with Crippen molar-refractivity contribution in [2.75, 3.05) is 25.1 Å². The van der Waals surface area contributed by atoms with Crippen LogP contribution < -0.4 is 36.9 Å². The number of benzene rings is 3. The molecule has 1 aliphatic heterocycles. The average molecular weight is 651 g/mol. The van der Waals surface area contributed by atoms with Crippen LogP contribution in [0, 0.1) is 0 Å². The fraction of sp³-hybridized carbons (Fsp3) is 0.364. The molecule has 4 rings (SSSR count). The minimum atomic E-state index is -2.41. The van der Waals surface area contributed by atoms with Crippen LogP contribution in [0.4, 0.5) is 5.69 Å². The molecule has 2 amide bonds. The second kappa shape index (κ2) is 15.0. The van der Waals surface area contributed by atoms with Gasteiger partial charge in [-0.1, -0.05) is 35.9 Å². The van der Waals surface area contributed by atoms with Crippen LogP contribution in [0.2, 0.25) is 18.1 Å². The molecular weight excluding hydrogens is 608 g/mol. The predicted octanol–water partition coefficient (Wildman–Crippen LogP) is 3.09. The number of benzodiazepines with no additional fused rings is 1. The van der Waals surface area contributed by atoms with Gasteiger partial charge in [-0.3, -0.25) is 14.6 Å². The van der Waals surface area contributed by atoms with E-state index in [0.29, 0.717) is 48.0 Å². The Balaban J connectivity index is 1.38. The zero-order valence-electron chi connectivity index (χ0n) is 26.2. The van der Waals surface area contributed by atoms with E-state index in [9.17, 15) is 14.4 Å². The first-order valence-electron chi connectivity index (χ1n) is 15.1. The standard InChI is InChI=1S/C33H43ClN6O4Si/c1-21(35)40-29-16-13-25(44-2)19-27(29)31(22-7-11-24(34)12-8-22)39-28(32(40)36)20-30(41)37-17-5-6-18-38-33(42)23-9-14-26(15-10-23)45(3,4)43/h7-16,19,21,28,32,43H,5-6,17-18,20,35-36H2,1-4H3,(H,37,41)(H,38,42)/t21?,28-,32?/m0/s1. The lowest BCUT2D eigenvalue weighted by Gasteiger charge is -2.36. The molecule has 0 aromatic heterocycles.